The molecule has 0 spiro atoms. The highest BCUT2D eigenvalue weighted by molar-refractivity contribution is 8.00. The maximum absolute atomic E-state index is 12.7. The number of aromatic nitrogens is 3. The van der Waals surface area contributed by atoms with E-state index in [2.05, 4.69) is 20.5 Å². The van der Waals surface area contributed by atoms with Crippen molar-refractivity contribution >= 4 is 33.4 Å². The van der Waals surface area contributed by atoms with E-state index in [9.17, 15) is 13.2 Å². The number of carbonyl (C=O) groups excluding carboxylic acids is 1. The Labute approximate surface area is 175 Å². The minimum Gasteiger partial charge on any atom is -0.325 e. The van der Waals surface area contributed by atoms with E-state index in [0.717, 1.165) is 28.5 Å². The molecule has 0 bridgehead atoms. The molecule has 10 heteroatoms. The van der Waals surface area contributed by atoms with Crippen molar-refractivity contribution in [3.05, 3.63) is 29.6 Å². The quantitative estimate of drug-likeness (QED) is 0.644. The monoisotopic (exact) mass is 437 g/mol. The number of thioether (sulfide) groups is 1. The van der Waals surface area contributed by atoms with Gasteiger partial charge in [-0.1, -0.05) is 30.7 Å². The highest BCUT2D eigenvalue weighted by atomic mass is 32.2. The summed E-state index contributed by atoms with van der Waals surface area (Å²) in [7, 11) is -0.623. The van der Waals surface area contributed by atoms with Gasteiger partial charge in [-0.25, -0.2) is 17.7 Å². The first kappa shape index (κ1) is 21.8. The van der Waals surface area contributed by atoms with Gasteiger partial charge in [0, 0.05) is 25.7 Å². The predicted molar refractivity (Wildman–Crippen MR) is 114 cm³/mol. The van der Waals surface area contributed by atoms with Crippen molar-refractivity contribution in [2.75, 3.05) is 19.4 Å². The van der Waals surface area contributed by atoms with Gasteiger partial charge < -0.3 is 5.32 Å². The third-order valence-corrected chi connectivity index (χ3v) is 7.89. The number of aromatic amines is 1. The van der Waals surface area contributed by atoms with Gasteiger partial charge >= 0.3 is 0 Å². The fraction of sp³-hybridized carbons (Fsp3) is 0.526. The highest BCUT2D eigenvalue weighted by Crippen LogP contribution is 2.33. The average Bonchev–Trinajstić information content (AvgIpc) is 3.34. The topological polar surface area (TPSA) is 108 Å². The molecule has 1 unspecified atom stereocenters. The molecular weight excluding hydrogens is 410 g/mol. The van der Waals surface area contributed by atoms with E-state index in [0.29, 0.717) is 16.8 Å². The molecular formula is C19H27N5O3S2. The van der Waals surface area contributed by atoms with Crippen molar-refractivity contribution in [1.82, 2.24) is 19.5 Å². The number of hydrogen-bond donors (Lipinski definition) is 2. The van der Waals surface area contributed by atoms with E-state index < -0.39 is 15.3 Å². The summed E-state index contributed by atoms with van der Waals surface area (Å²) in [6.45, 7) is 3.60. The number of rotatable bonds is 7. The third kappa shape index (κ3) is 4.99. The van der Waals surface area contributed by atoms with Crippen LogP contribution in [0, 0.1) is 6.92 Å². The lowest BCUT2D eigenvalue weighted by Crippen LogP contribution is -2.24. The molecule has 8 nitrogen and oxygen atoms in total. The van der Waals surface area contributed by atoms with Crippen molar-refractivity contribution in [3.63, 3.8) is 0 Å². The zero-order valence-corrected chi connectivity index (χ0v) is 18.7. The van der Waals surface area contributed by atoms with Crippen LogP contribution in [0.2, 0.25) is 0 Å². The molecule has 1 atom stereocenters. The Morgan fingerprint density at radius 3 is 2.66 bits per heavy atom. The van der Waals surface area contributed by atoms with Crippen LogP contribution in [0.25, 0.3) is 0 Å². The summed E-state index contributed by atoms with van der Waals surface area (Å²) in [5.74, 6) is 1.10. The Bertz CT molecular complexity index is 981. The molecule has 1 aliphatic rings. The number of H-pyrrole nitrogens is 1. The van der Waals surface area contributed by atoms with E-state index in [-0.39, 0.29) is 10.8 Å². The van der Waals surface area contributed by atoms with Gasteiger partial charge in [0.15, 0.2) is 0 Å². The van der Waals surface area contributed by atoms with Crippen LogP contribution in [0.15, 0.2) is 28.3 Å². The molecule has 1 aromatic carbocycles. The summed E-state index contributed by atoms with van der Waals surface area (Å²) in [5.41, 5.74) is 1.27. The maximum Gasteiger partial charge on any atom is 0.242 e. The first-order valence-electron chi connectivity index (χ1n) is 9.61. The molecule has 0 radical (unpaired) electrons. The van der Waals surface area contributed by atoms with E-state index in [1.165, 1.54) is 50.8 Å². The molecule has 2 N–H and O–H groups in total. The van der Waals surface area contributed by atoms with Gasteiger partial charge in [-0.2, -0.15) is 0 Å². The summed E-state index contributed by atoms with van der Waals surface area (Å²) in [6, 6.07) is 4.72. The van der Waals surface area contributed by atoms with Crippen molar-refractivity contribution < 1.29 is 13.2 Å². The standard InChI is InChI=1S/C19H27N5O3S2/c1-12-9-10-15(29(26,27)24(3)4)11-16(12)20-18(25)13(2)28-19-21-17(22-23-19)14-7-5-6-8-14/h9-11,13-14H,5-8H2,1-4H3,(H,20,25)(H,21,22,23). The van der Waals surface area contributed by atoms with Gasteiger partial charge in [-0.05, 0) is 44.4 Å². The lowest BCUT2D eigenvalue weighted by Gasteiger charge is -2.15. The molecule has 2 aromatic rings. The summed E-state index contributed by atoms with van der Waals surface area (Å²) in [4.78, 5) is 17.3. The molecule has 1 saturated carbocycles. The highest BCUT2D eigenvalue weighted by Gasteiger charge is 2.23. The first-order chi connectivity index (χ1) is 13.7. The zero-order chi connectivity index (χ0) is 21.2. The number of carbonyl (C=O) groups is 1. The first-order valence-corrected chi connectivity index (χ1v) is 11.9. The SMILES string of the molecule is Cc1ccc(S(=O)(=O)N(C)C)cc1NC(=O)C(C)Sc1n[nH]c(C2CCCC2)n1. The number of anilines is 1. The van der Waals surface area contributed by atoms with Crippen LogP contribution in [-0.2, 0) is 14.8 Å². The van der Waals surface area contributed by atoms with Crippen LogP contribution in [0.1, 0.15) is 49.9 Å². The third-order valence-electron chi connectivity index (χ3n) is 5.12. The lowest BCUT2D eigenvalue weighted by molar-refractivity contribution is -0.115. The van der Waals surface area contributed by atoms with E-state index in [1.54, 1.807) is 13.0 Å². The Morgan fingerprint density at radius 2 is 2.00 bits per heavy atom. The van der Waals surface area contributed by atoms with Crippen LogP contribution in [0.5, 0.6) is 0 Å². The van der Waals surface area contributed by atoms with Gasteiger partial charge in [0.05, 0.1) is 10.1 Å². The molecule has 1 amide bonds. The molecule has 1 aromatic heterocycles. The molecule has 0 saturated heterocycles. The van der Waals surface area contributed by atoms with Crippen LogP contribution in [0.3, 0.4) is 0 Å². The second kappa shape index (κ2) is 8.85. The van der Waals surface area contributed by atoms with Crippen molar-refractivity contribution in [2.45, 2.75) is 60.8 Å². The number of nitrogens with one attached hydrogen (secondary N) is 2. The molecule has 3 rings (SSSR count). The van der Waals surface area contributed by atoms with Gasteiger partial charge in [-0.15, -0.1) is 5.10 Å². The number of amides is 1. The van der Waals surface area contributed by atoms with Crippen LogP contribution >= 0.6 is 11.8 Å². The van der Waals surface area contributed by atoms with Crippen LogP contribution < -0.4 is 5.32 Å². The predicted octanol–water partition coefficient (Wildman–Crippen LogP) is 3.14. The number of aryl methyl sites for hydroxylation is 1. The van der Waals surface area contributed by atoms with Gasteiger partial charge in [-0.3, -0.25) is 9.89 Å². The van der Waals surface area contributed by atoms with E-state index >= 15 is 0 Å². The molecule has 1 fully saturated rings. The van der Waals surface area contributed by atoms with E-state index in [4.69, 9.17) is 0 Å². The summed E-state index contributed by atoms with van der Waals surface area (Å²) in [6.07, 6.45) is 4.69. The second-order valence-electron chi connectivity index (χ2n) is 7.50. The van der Waals surface area contributed by atoms with Crippen LogP contribution in [-0.4, -0.2) is 53.2 Å². The second-order valence-corrected chi connectivity index (χ2v) is 11.0. The van der Waals surface area contributed by atoms with E-state index in [1.807, 2.05) is 6.92 Å². The molecule has 0 aliphatic heterocycles. The zero-order valence-electron chi connectivity index (χ0n) is 17.1. The Balaban J connectivity index is 1.68. The fourth-order valence-electron chi connectivity index (χ4n) is 3.25. The van der Waals surface area contributed by atoms with Crippen molar-refractivity contribution in [1.29, 1.82) is 0 Å². The minimum absolute atomic E-state index is 0.138. The maximum atomic E-state index is 12.7. The van der Waals surface area contributed by atoms with Crippen molar-refractivity contribution in [2.24, 2.45) is 0 Å². The molecule has 158 valence electrons. The summed E-state index contributed by atoms with van der Waals surface area (Å²) >= 11 is 1.28. The Morgan fingerprint density at radius 1 is 1.31 bits per heavy atom. The number of benzene rings is 1. The smallest absolute Gasteiger partial charge is 0.242 e. The largest absolute Gasteiger partial charge is 0.325 e. The summed E-state index contributed by atoms with van der Waals surface area (Å²) in [5, 5.41) is 10.2. The number of hydrogen-bond acceptors (Lipinski definition) is 6. The normalized spacial score (nSPS) is 16.3. The molecule has 1 heterocycles. The Kier molecular flexibility index (Phi) is 6.65. The van der Waals surface area contributed by atoms with Crippen molar-refractivity contribution in [3.8, 4) is 0 Å². The molecule has 1 aliphatic carbocycles. The van der Waals surface area contributed by atoms with Gasteiger partial charge in [0.25, 0.3) is 0 Å². The fourth-order valence-corrected chi connectivity index (χ4v) is 4.91. The average molecular weight is 438 g/mol. The minimum atomic E-state index is -3.57. The Hall–Kier alpha value is -1.91. The van der Waals surface area contributed by atoms with Gasteiger partial charge in [0.1, 0.15) is 5.82 Å². The van der Waals surface area contributed by atoms with Crippen LogP contribution in [0.4, 0.5) is 5.69 Å². The molecule has 29 heavy (non-hydrogen) atoms. The van der Waals surface area contributed by atoms with Gasteiger partial charge in [0.2, 0.25) is 21.1 Å². The summed E-state index contributed by atoms with van der Waals surface area (Å²) < 4.78 is 25.9. The lowest BCUT2D eigenvalue weighted by atomic mass is 10.1. The number of sulfonamides is 1. The number of nitrogens with zero attached hydrogens (tertiary/aromatic N) is 3.